The van der Waals surface area contributed by atoms with Crippen LogP contribution in [0.25, 0.3) is 0 Å². The van der Waals surface area contributed by atoms with E-state index in [4.69, 9.17) is 0 Å². The lowest BCUT2D eigenvalue weighted by molar-refractivity contribution is -0.118. The molecule has 0 fully saturated rings. The summed E-state index contributed by atoms with van der Waals surface area (Å²) in [6, 6.07) is 5.97. The first-order valence-corrected chi connectivity index (χ1v) is 6.65. The Kier molecular flexibility index (Phi) is 4.50. The Morgan fingerprint density at radius 2 is 2.05 bits per heavy atom. The van der Waals surface area contributed by atoms with Crippen LogP contribution in [-0.4, -0.2) is 22.2 Å². The highest BCUT2D eigenvalue weighted by Gasteiger charge is 2.13. The SMILES string of the molecule is CCN(C(=O)CCn1cc(C)cn1)c1ccc(F)cc1. The summed E-state index contributed by atoms with van der Waals surface area (Å²) in [6.07, 6.45) is 4.04. The lowest BCUT2D eigenvalue weighted by Gasteiger charge is -2.21. The van der Waals surface area contributed by atoms with Crippen molar-refractivity contribution in [3.8, 4) is 0 Å². The highest BCUT2D eigenvalue weighted by atomic mass is 19.1. The minimum absolute atomic E-state index is 0.00672. The van der Waals surface area contributed by atoms with Crippen LogP contribution in [0.5, 0.6) is 0 Å². The van der Waals surface area contributed by atoms with E-state index >= 15 is 0 Å². The molecule has 0 saturated carbocycles. The predicted octanol–water partition coefficient (Wildman–Crippen LogP) is 2.77. The Morgan fingerprint density at radius 3 is 2.60 bits per heavy atom. The van der Waals surface area contributed by atoms with E-state index in [9.17, 15) is 9.18 Å². The molecule has 1 amide bonds. The Labute approximate surface area is 117 Å². The summed E-state index contributed by atoms with van der Waals surface area (Å²) in [7, 11) is 0. The molecule has 0 bridgehead atoms. The third-order valence-electron chi connectivity index (χ3n) is 3.07. The van der Waals surface area contributed by atoms with Gasteiger partial charge in [-0.25, -0.2) is 4.39 Å². The lowest BCUT2D eigenvalue weighted by Crippen LogP contribution is -2.31. The van der Waals surface area contributed by atoms with Gasteiger partial charge >= 0.3 is 0 Å². The van der Waals surface area contributed by atoms with Crippen LogP contribution in [0.4, 0.5) is 10.1 Å². The number of amides is 1. The fourth-order valence-corrected chi connectivity index (χ4v) is 2.06. The summed E-state index contributed by atoms with van der Waals surface area (Å²) in [6.45, 7) is 4.97. The fourth-order valence-electron chi connectivity index (χ4n) is 2.06. The number of aryl methyl sites for hydroxylation is 2. The van der Waals surface area contributed by atoms with Crippen molar-refractivity contribution < 1.29 is 9.18 Å². The van der Waals surface area contributed by atoms with E-state index in [0.717, 1.165) is 11.3 Å². The van der Waals surface area contributed by atoms with Crippen molar-refractivity contribution in [1.29, 1.82) is 0 Å². The smallest absolute Gasteiger partial charge is 0.228 e. The standard InChI is InChI=1S/C15H18FN3O/c1-3-19(14-6-4-13(16)5-7-14)15(20)8-9-18-11-12(2)10-17-18/h4-7,10-11H,3,8-9H2,1-2H3. The molecule has 0 aliphatic heterocycles. The van der Waals surface area contributed by atoms with Crippen LogP contribution in [-0.2, 0) is 11.3 Å². The lowest BCUT2D eigenvalue weighted by atomic mass is 10.2. The molecule has 0 spiro atoms. The molecular formula is C15H18FN3O. The Hall–Kier alpha value is -2.17. The number of carbonyl (C=O) groups excluding carboxylic acids is 1. The maximum Gasteiger partial charge on any atom is 0.228 e. The van der Waals surface area contributed by atoms with Gasteiger partial charge in [-0.3, -0.25) is 9.48 Å². The summed E-state index contributed by atoms with van der Waals surface area (Å²) >= 11 is 0. The molecule has 5 heteroatoms. The molecular weight excluding hydrogens is 257 g/mol. The summed E-state index contributed by atoms with van der Waals surface area (Å²) in [5, 5.41) is 4.15. The second-order valence-electron chi connectivity index (χ2n) is 4.65. The Balaban J connectivity index is 2.00. The quantitative estimate of drug-likeness (QED) is 0.841. The van der Waals surface area contributed by atoms with Crippen LogP contribution in [0.3, 0.4) is 0 Å². The minimum atomic E-state index is -0.302. The van der Waals surface area contributed by atoms with Gasteiger partial charge in [0.1, 0.15) is 5.82 Å². The number of carbonyl (C=O) groups is 1. The van der Waals surface area contributed by atoms with Crippen molar-refractivity contribution in [2.45, 2.75) is 26.8 Å². The number of rotatable bonds is 5. The highest BCUT2D eigenvalue weighted by Crippen LogP contribution is 2.16. The van der Waals surface area contributed by atoms with Crippen molar-refractivity contribution in [3.63, 3.8) is 0 Å². The van der Waals surface area contributed by atoms with Crippen molar-refractivity contribution in [1.82, 2.24) is 9.78 Å². The molecule has 0 unspecified atom stereocenters. The van der Waals surface area contributed by atoms with Gasteiger partial charge < -0.3 is 4.90 Å². The van der Waals surface area contributed by atoms with Gasteiger partial charge in [-0.1, -0.05) is 0 Å². The molecule has 2 rings (SSSR count). The van der Waals surface area contributed by atoms with Gasteiger partial charge in [0.15, 0.2) is 0 Å². The summed E-state index contributed by atoms with van der Waals surface area (Å²) in [5.74, 6) is -0.295. The molecule has 20 heavy (non-hydrogen) atoms. The molecule has 1 heterocycles. The van der Waals surface area contributed by atoms with Gasteiger partial charge in [-0.2, -0.15) is 5.10 Å². The fraction of sp³-hybridized carbons (Fsp3) is 0.333. The van der Waals surface area contributed by atoms with Crippen LogP contribution in [0.1, 0.15) is 18.9 Å². The van der Waals surface area contributed by atoms with E-state index in [0.29, 0.717) is 19.5 Å². The summed E-state index contributed by atoms with van der Waals surface area (Å²) in [4.78, 5) is 13.9. The number of benzene rings is 1. The molecule has 0 atom stereocenters. The molecule has 1 aromatic carbocycles. The van der Waals surface area contributed by atoms with Crippen LogP contribution >= 0.6 is 0 Å². The van der Waals surface area contributed by atoms with Crippen LogP contribution in [0, 0.1) is 12.7 Å². The number of aromatic nitrogens is 2. The number of halogens is 1. The first kappa shape index (κ1) is 14.2. The van der Waals surface area contributed by atoms with Crippen molar-refractivity contribution >= 4 is 11.6 Å². The molecule has 0 N–H and O–H groups in total. The largest absolute Gasteiger partial charge is 0.313 e. The Morgan fingerprint density at radius 1 is 1.35 bits per heavy atom. The third-order valence-corrected chi connectivity index (χ3v) is 3.07. The zero-order chi connectivity index (χ0) is 14.5. The van der Waals surface area contributed by atoms with Gasteiger partial charge in [-0.15, -0.1) is 0 Å². The zero-order valence-electron chi connectivity index (χ0n) is 11.7. The van der Waals surface area contributed by atoms with Crippen molar-refractivity contribution in [2.24, 2.45) is 0 Å². The topological polar surface area (TPSA) is 38.1 Å². The predicted molar refractivity (Wildman–Crippen MR) is 76.0 cm³/mol. The van der Waals surface area contributed by atoms with Crippen LogP contribution in [0.2, 0.25) is 0 Å². The maximum absolute atomic E-state index is 12.9. The highest BCUT2D eigenvalue weighted by molar-refractivity contribution is 5.93. The monoisotopic (exact) mass is 275 g/mol. The van der Waals surface area contributed by atoms with Gasteiger partial charge in [0.25, 0.3) is 0 Å². The molecule has 0 radical (unpaired) electrons. The van der Waals surface area contributed by atoms with E-state index in [1.54, 1.807) is 27.9 Å². The molecule has 106 valence electrons. The molecule has 1 aromatic heterocycles. The molecule has 2 aromatic rings. The van der Waals surface area contributed by atoms with E-state index in [1.165, 1.54) is 12.1 Å². The first-order valence-electron chi connectivity index (χ1n) is 6.65. The first-order chi connectivity index (χ1) is 9.60. The van der Waals surface area contributed by atoms with Crippen LogP contribution < -0.4 is 4.90 Å². The summed E-state index contributed by atoms with van der Waals surface area (Å²) in [5.41, 5.74) is 1.79. The third kappa shape index (κ3) is 3.44. The van der Waals surface area contributed by atoms with Gasteiger partial charge in [0.05, 0.1) is 6.20 Å². The number of anilines is 1. The average molecular weight is 275 g/mol. The van der Waals surface area contributed by atoms with E-state index in [-0.39, 0.29) is 11.7 Å². The second-order valence-corrected chi connectivity index (χ2v) is 4.65. The van der Waals surface area contributed by atoms with E-state index in [1.807, 2.05) is 20.0 Å². The van der Waals surface area contributed by atoms with Gasteiger partial charge in [0.2, 0.25) is 5.91 Å². The number of hydrogen-bond acceptors (Lipinski definition) is 2. The maximum atomic E-state index is 12.9. The molecule has 4 nitrogen and oxygen atoms in total. The normalized spacial score (nSPS) is 10.6. The second kappa shape index (κ2) is 6.32. The Bertz CT molecular complexity index is 577. The van der Waals surface area contributed by atoms with E-state index < -0.39 is 0 Å². The molecule has 0 saturated heterocycles. The summed E-state index contributed by atoms with van der Waals surface area (Å²) < 4.78 is 14.7. The van der Waals surface area contributed by atoms with Crippen molar-refractivity contribution in [3.05, 3.63) is 48.0 Å². The van der Waals surface area contributed by atoms with Crippen molar-refractivity contribution in [2.75, 3.05) is 11.4 Å². The number of nitrogens with zero attached hydrogens (tertiary/aromatic N) is 3. The number of hydrogen-bond donors (Lipinski definition) is 0. The molecule has 0 aliphatic rings. The van der Waals surface area contributed by atoms with E-state index in [2.05, 4.69) is 5.10 Å². The zero-order valence-corrected chi connectivity index (χ0v) is 11.7. The van der Waals surface area contributed by atoms with Gasteiger partial charge in [0, 0.05) is 31.4 Å². The average Bonchev–Trinajstić information content (AvgIpc) is 2.85. The van der Waals surface area contributed by atoms with Gasteiger partial charge in [-0.05, 0) is 43.7 Å². The molecule has 0 aliphatic carbocycles. The minimum Gasteiger partial charge on any atom is -0.313 e. The van der Waals surface area contributed by atoms with Crippen LogP contribution in [0.15, 0.2) is 36.7 Å².